The Balaban J connectivity index is 3.25. The van der Waals surface area contributed by atoms with E-state index in [2.05, 4.69) is 28.7 Å². The van der Waals surface area contributed by atoms with Gasteiger partial charge in [0.1, 0.15) is 5.75 Å². The van der Waals surface area contributed by atoms with Crippen LogP contribution in [0.5, 0.6) is 5.75 Å². The van der Waals surface area contributed by atoms with Crippen LogP contribution in [-0.2, 0) is 0 Å². The molecule has 0 aliphatic rings. The Hall–Kier alpha value is -0.250. The Kier molecular flexibility index (Phi) is 1.95. The number of aromatic hydroxyl groups is 1. The Morgan fingerprint density at radius 2 is 2.22 bits per heavy atom. The maximum absolute atomic E-state index is 9.18. The van der Waals surface area contributed by atoms with Gasteiger partial charge in [0, 0.05) is 0 Å². The van der Waals surface area contributed by atoms with Gasteiger partial charge in [-0.3, -0.25) is 0 Å². The molecule has 0 aliphatic carbocycles. The first-order chi connectivity index (χ1) is 4.22. The predicted octanol–water partition coefficient (Wildman–Crippen LogP) is 2.11. The van der Waals surface area contributed by atoms with Crippen molar-refractivity contribution in [1.29, 1.82) is 0 Å². The highest BCUT2D eigenvalue weighted by Gasteiger charge is 1.97. The molecular formula is C7H6IO. The van der Waals surface area contributed by atoms with Crippen LogP contribution in [0.3, 0.4) is 0 Å². The van der Waals surface area contributed by atoms with Crippen molar-refractivity contribution in [2.24, 2.45) is 0 Å². The Labute approximate surface area is 67.9 Å². The Bertz CT molecular complexity index is 200. The van der Waals surface area contributed by atoms with E-state index in [-0.39, 0.29) is 0 Å². The fraction of sp³-hybridized carbons (Fsp3) is 0.143. The molecule has 9 heavy (non-hydrogen) atoms. The average molecular weight is 233 g/mol. The number of rotatable bonds is 0. The highest BCUT2D eigenvalue weighted by molar-refractivity contribution is 14.1. The maximum atomic E-state index is 9.18. The molecule has 0 fully saturated rings. The molecule has 0 heterocycles. The van der Waals surface area contributed by atoms with Gasteiger partial charge in [0.2, 0.25) is 0 Å². The first-order valence-corrected chi connectivity index (χ1v) is 3.65. The van der Waals surface area contributed by atoms with E-state index in [4.69, 9.17) is 0 Å². The molecule has 1 N–H and O–H groups in total. The monoisotopic (exact) mass is 233 g/mol. The third kappa shape index (κ3) is 1.36. The second kappa shape index (κ2) is 2.56. The molecule has 1 aromatic rings. The molecule has 0 aliphatic heterocycles. The number of hydrogen-bond acceptors (Lipinski definition) is 1. The van der Waals surface area contributed by atoms with E-state index < -0.39 is 0 Å². The van der Waals surface area contributed by atoms with Crippen molar-refractivity contribution in [2.45, 2.75) is 6.92 Å². The topological polar surface area (TPSA) is 20.2 Å². The number of halogens is 1. The maximum Gasteiger partial charge on any atom is 0.131 e. The molecule has 0 saturated heterocycles. The molecule has 0 aromatic heterocycles. The number of hydrogen-bond donors (Lipinski definition) is 1. The van der Waals surface area contributed by atoms with Crippen molar-refractivity contribution in [3.63, 3.8) is 0 Å². The summed E-state index contributed by atoms with van der Waals surface area (Å²) in [5.41, 5.74) is 0.877. The molecule has 1 nitrogen and oxygen atoms in total. The van der Waals surface area contributed by atoms with Gasteiger partial charge in [0.25, 0.3) is 0 Å². The number of phenolic OH excluding ortho intramolecular Hbond substituents is 1. The van der Waals surface area contributed by atoms with E-state index in [9.17, 15) is 5.11 Å². The summed E-state index contributed by atoms with van der Waals surface area (Å²) in [5.74, 6) is 0.370. The van der Waals surface area contributed by atoms with Crippen LogP contribution in [0.15, 0.2) is 12.1 Å². The Morgan fingerprint density at radius 3 is 2.67 bits per heavy atom. The summed E-state index contributed by atoms with van der Waals surface area (Å²) in [7, 11) is 0. The minimum Gasteiger partial charge on any atom is -0.507 e. The van der Waals surface area contributed by atoms with Crippen LogP contribution in [0.1, 0.15) is 5.56 Å². The van der Waals surface area contributed by atoms with E-state index in [1.54, 1.807) is 12.1 Å². The van der Waals surface area contributed by atoms with Gasteiger partial charge in [-0.25, -0.2) is 0 Å². The molecule has 0 spiro atoms. The lowest BCUT2D eigenvalue weighted by molar-refractivity contribution is 0.467. The van der Waals surface area contributed by atoms with E-state index >= 15 is 0 Å². The van der Waals surface area contributed by atoms with Crippen molar-refractivity contribution in [3.05, 3.63) is 27.3 Å². The van der Waals surface area contributed by atoms with Gasteiger partial charge in [-0.15, -0.1) is 0 Å². The fourth-order valence-corrected chi connectivity index (χ4v) is 1.17. The van der Waals surface area contributed by atoms with E-state index in [0.717, 1.165) is 9.13 Å². The van der Waals surface area contributed by atoms with E-state index in [1.165, 1.54) is 0 Å². The molecule has 0 saturated carbocycles. The van der Waals surface area contributed by atoms with Crippen LogP contribution >= 0.6 is 22.6 Å². The molecule has 1 rings (SSSR count). The minimum absolute atomic E-state index is 0.370. The zero-order chi connectivity index (χ0) is 6.85. The summed E-state index contributed by atoms with van der Waals surface area (Å²) < 4.78 is 0.854. The second-order valence-corrected chi connectivity index (χ2v) is 3.00. The summed E-state index contributed by atoms with van der Waals surface area (Å²) in [6.07, 6.45) is 0. The molecule has 0 atom stereocenters. The van der Waals surface area contributed by atoms with Crippen LogP contribution < -0.4 is 0 Å². The van der Waals surface area contributed by atoms with Gasteiger partial charge in [0.05, 0.1) is 3.57 Å². The number of benzene rings is 1. The van der Waals surface area contributed by atoms with Gasteiger partial charge in [-0.05, 0) is 53.3 Å². The van der Waals surface area contributed by atoms with E-state index in [1.807, 2.05) is 6.92 Å². The summed E-state index contributed by atoms with van der Waals surface area (Å²) in [6.45, 7) is 1.86. The lowest BCUT2D eigenvalue weighted by atomic mass is 10.2. The third-order valence-corrected chi connectivity index (χ3v) is 1.93. The fourth-order valence-electron chi connectivity index (χ4n) is 0.565. The molecule has 0 amide bonds. The molecule has 0 unspecified atom stereocenters. The molecule has 47 valence electrons. The van der Waals surface area contributed by atoms with Gasteiger partial charge >= 0.3 is 0 Å². The van der Waals surface area contributed by atoms with Crippen molar-refractivity contribution in [3.8, 4) is 5.75 Å². The third-order valence-electron chi connectivity index (χ3n) is 1.11. The zero-order valence-electron chi connectivity index (χ0n) is 4.98. The van der Waals surface area contributed by atoms with Gasteiger partial charge in [-0.2, -0.15) is 0 Å². The SMILES string of the molecule is Cc1c[c]cc(I)c1O. The molecule has 1 aromatic carbocycles. The summed E-state index contributed by atoms with van der Waals surface area (Å²) >= 11 is 2.07. The summed E-state index contributed by atoms with van der Waals surface area (Å²) in [4.78, 5) is 0. The highest BCUT2D eigenvalue weighted by Crippen LogP contribution is 2.21. The van der Waals surface area contributed by atoms with Crippen LogP contribution in [0, 0.1) is 16.6 Å². The molecular weight excluding hydrogens is 227 g/mol. The summed E-state index contributed by atoms with van der Waals surface area (Å²) in [6, 6.07) is 6.42. The molecule has 1 radical (unpaired) electrons. The second-order valence-electron chi connectivity index (χ2n) is 1.83. The van der Waals surface area contributed by atoms with Crippen LogP contribution in [0.25, 0.3) is 0 Å². The van der Waals surface area contributed by atoms with Crippen molar-refractivity contribution >= 4 is 22.6 Å². The predicted molar refractivity (Wildman–Crippen MR) is 44.4 cm³/mol. The van der Waals surface area contributed by atoms with Gasteiger partial charge in [0.15, 0.2) is 0 Å². The largest absolute Gasteiger partial charge is 0.507 e. The standard InChI is InChI=1S/C7H6IO/c1-5-3-2-4-6(8)7(5)9/h3-4,9H,1H3. The molecule has 2 heteroatoms. The quantitative estimate of drug-likeness (QED) is 0.680. The van der Waals surface area contributed by atoms with Crippen molar-refractivity contribution in [2.75, 3.05) is 0 Å². The lowest BCUT2D eigenvalue weighted by Crippen LogP contribution is -1.76. The number of aryl methyl sites for hydroxylation is 1. The van der Waals surface area contributed by atoms with Crippen LogP contribution in [0.2, 0.25) is 0 Å². The lowest BCUT2D eigenvalue weighted by Gasteiger charge is -1.97. The van der Waals surface area contributed by atoms with Crippen molar-refractivity contribution < 1.29 is 5.11 Å². The van der Waals surface area contributed by atoms with Crippen LogP contribution in [-0.4, -0.2) is 5.11 Å². The summed E-state index contributed by atoms with van der Waals surface area (Å²) in [5, 5.41) is 9.18. The normalized spacial score (nSPS) is 9.56. The van der Waals surface area contributed by atoms with Crippen molar-refractivity contribution in [1.82, 2.24) is 0 Å². The molecule has 0 bridgehead atoms. The average Bonchev–Trinajstić information content (AvgIpc) is 1.83. The first kappa shape index (κ1) is 6.86. The first-order valence-electron chi connectivity index (χ1n) is 2.57. The Morgan fingerprint density at radius 1 is 1.56 bits per heavy atom. The highest BCUT2D eigenvalue weighted by atomic mass is 127. The smallest absolute Gasteiger partial charge is 0.131 e. The van der Waals surface area contributed by atoms with Gasteiger partial charge < -0.3 is 5.11 Å². The van der Waals surface area contributed by atoms with Gasteiger partial charge in [-0.1, -0.05) is 0 Å². The van der Waals surface area contributed by atoms with E-state index in [0.29, 0.717) is 5.75 Å². The van der Waals surface area contributed by atoms with Crippen LogP contribution in [0.4, 0.5) is 0 Å². The minimum atomic E-state index is 0.370. The zero-order valence-corrected chi connectivity index (χ0v) is 7.14. The number of phenols is 1.